The molecule has 1 saturated heterocycles. The number of rotatable bonds is 5. The second kappa shape index (κ2) is 6.75. The summed E-state index contributed by atoms with van der Waals surface area (Å²) in [7, 11) is 0. The fourth-order valence-corrected chi connectivity index (χ4v) is 1.91. The largest absolute Gasteiger partial charge is 0.317 e. The lowest BCUT2D eigenvalue weighted by atomic mass is 9.98. The average Bonchev–Trinajstić information content (AvgIpc) is 2.14. The maximum atomic E-state index is 3.51. The fraction of sp³-hybridized carbons (Fsp3) is 1.00. The first-order chi connectivity index (χ1) is 5.93. The van der Waals surface area contributed by atoms with Gasteiger partial charge in [0.2, 0.25) is 0 Å². The van der Waals surface area contributed by atoms with Crippen LogP contribution < -0.4 is 10.6 Å². The first-order valence-electron chi connectivity index (χ1n) is 4.84. The maximum absolute atomic E-state index is 3.51. The average molecular weight is 188 g/mol. The van der Waals surface area contributed by atoms with Crippen LogP contribution >= 0.6 is 11.8 Å². The third kappa shape index (κ3) is 4.33. The summed E-state index contributed by atoms with van der Waals surface area (Å²) in [5.41, 5.74) is 0. The van der Waals surface area contributed by atoms with Crippen LogP contribution in [0.2, 0.25) is 0 Å². The first kappa shape index (κ1) is 10.4. The molecule has 1 heterocycles. The van der Waals surface area contributed by atoms with Crippen LogP contribution in [0.4, 0.5) is 0 Å². The van der Waals surface area contributed by atoms with Crippen molar-refractivity contribution in [1.29, 1.82) is 0 Å². The van der Waals surface area contributed by atoms with Gasteiger partial charge in [-0.05, 0) is 44.6 Å². The van der Waals surface area contributed by atoms with Crippen molar-refractivity contribution in [2.24, 2.45) is 5.92 Å². The number of nitrogens with one attached hydrogen (secondary N) is 2. The van der Waals surface area contributed by atoms with E-state index in [4.69, 9.17) is 0 Å². The van der Waals surface area contributed by atoms with Crippen LogP contribution in [0.25, 0.3) is 0 Å². The molecule has 0 aliphatic carbocycles. The van der Waals surface area contributed by atoms with Gasteiger partial charge in [0.25, 0.3) is 0 Å². The van der Waals surface area contributed by atoms with Gasteiger partial charge in [-0.15, -0.1) is 0 Å². The van der Waals surface area contributed by atoms with Crippen molar-refractivity contribution in [3.63, 3.8) is 0 Å². The smallest absolute Gasteiger partial charge is 0.00553 e. The van der Waals surface area contributed by atoms with Gasteiger partial charge in [-0.1, -0.05) is 0 Å². The molecule has 3 heteroatoms. The van der Waals surface area contributed by atoms with Crippen LogP contribution in [0.15, 0.2) is 0 Å². The number of hydrogen-bond donors (Lipinski definition) is 2. The Labute approximate surface area is 79.9 Å². The summed E-state index contributed by atoms with van der Waals surface area (Å²) in [6.45, 7) is 4.83. The Morgan fingerprint density at radius 3 is 2.83 bits per heavy atom. The minimum absolute atomic E-state index is 0.924. The quantitative estimate of drug-likeness (QED) is 0.628. The van der Waals surface area contributed by atoms with Gasteiger partial charge in [-0.2, -0.15) is 11.8 Å². The van der Waals surface area contributed by atoms with Crippen molar-refractivity contribution < 1.29 is 0 Å². The standard InChI is InChI=1S/C9H20N2S/c1-12-7-6-11-8-9-2-4-10-5-3-9/h9-11H,2-8H2,1H3. The van der Waals surface area contributed by atoms with Crippen LogP contribution in [0, 0.1) is 5.92 Å². The minimum Gasteiger partial charge on any atom is -0.317 e. The molecule has 1 aliphatic heterocycles. The van der Waals surface area contributed by atoms with Gasteiger partial charge in [0, 0.05) is 12.3 Å². The molecule has 0 saturated carbocycles. The molecule has 0 bridgehead atoms. The molecule has 0 unspecified atom stereocenters. The van der Waals surface area contributed by atoms with E-state index in [2.05, 4.69) is 16.9 Å². The molecule has 0 aromatic heterocycles. The molecule has 1 rings (SSSR count). The zero-order valence-electron chi connectivity index (χ0n) is 7.94. The molecule has 0 aromatic carbocycles. The summed E-state index contributed by atoms with van der Waals surface area (Å²) in [5.74, 6) is 2.17. The first-order valence-corrected chi connectivity index (χ1v) is 6.23. The molecular formula is C9H20N2S. The van der Waals surface area contributed by atoms with Gasteiger partial charge in [-0.3, -0.25) is 0 Å². The summed E-state index contributed by atoms with van der Waals surface area (Å²) in [4.78, 5) is 0. The van der Waals surface area contributed by atoms with Crippen molar-refractivity contribution >= 4 is 11.8 Å². The fourth-order valence-electron chi connectivity index (χ4n) is 1.57. The van der Waals surface area contributed by atoms with Crippen LogP contribution in [-0.2, 0) is 0 Å². The maximum Gasteiger partial charge on any atom is 0.00553 e. The molecule has 1 aliphatic rings. The molecule has 12 heavy (non-hydrogen) atoms. The van der Waals surface area contributed by atoms with Crippen molar-refractivity contribution in [2.45, 2.75) is 12.8 Å². The number of piperidine rings is 1. The predicted molar refractivity (Wildman–Crippen MR) is 56.8 cm³/mol. The second-order valence-electron chi connectivity index (χ2n) is 3.39. The van der Waals surface area contributed by atoms with E-state index in [1.807, 2.05) is 11.8 Å². The van der Waals surface area contributed by atoms with E-state index in [-0.39, 0.29) is 0 Å². The zero-order chi connectivity index (χ0) is 8.65. The lowest BCUT2D eigenvalue weighted by molar-refractivity contribution is 0.360. The van der Waals surface area contributed by atoms with Gasteiger partial charge in [0.05, 0.1) is 0 Å². The molecule has 0 radical (unpaired) electrons. The Morgan fingerprint density at radius 2 is 2.17 bits per heavy atom. The lowest BCUT2D eigenvalue weighted by Crippen LogP contribution is -2.34. The Hall–Kier alpha value is 0.270. The van der Waals surface area contributed by atoms with Gasteiger partial charge in [0.1, 0.15) is 0 Å². The van der Waals surface area contributed by atoms with Crippen LogP contribution in [-0.4, -0.2) is 38.2 Å². The number of hydrogen-bond acceptors (Lipinski definition) is 3. The van der Waals surface area contributed by atoms with E-state index in [1.165, 1.54) is 44.8 Å². The van der Waals surface area contributed by atoms with Crippen molar-refractivity contribution in [3.8, 4) is 0 Å². The second-order valence-corrected chi connectivity index (χ2v) is 4.38. The van der Waals surface area contributed by atoms with E-state index >= 15 is 0 Å². The van der Waals surface area contributed by atoms with E-state index in [0.717, 1.165) is 5.92 Å². The zero-order valence-corrected chi connectivity index (χ0v) is 8.75. The van der Waals surface area contributed by atoms with Crippen LogP contribution in [0.5, 0.6) is 0 Å². The van der Waals surface area contributed by atoms with Crippen LogP contribution in [0.3, 0.4) is 0 Å². The van der Waals surface area contributed by atoms with Crippen molar-refractivity contribution in [1.82, 2.24) is 10.6 Å². The normalized spacial score (nSPS) is 19.8. The molecule has 0 aromatic rings. The highest BCUT2D eigenvalue weighted by molar-refractivity contribution is 7.98. The highest BCUT2D eigenvalue weighted by atomic mass is 32.2. The van der Waals surface area contributed by atoms with Crippen molar-refractivity contribution in [2.75, 3.05) is 38.2 Å². The Kier molecular flexibility index (Phi) is 5.82. The third-order valence-electron chi connectivity index (χ3n) is 2.37. The highest BCUT2D eigenvalue weighted by Gasteiger charge is 2.11. The Bertz CT molecular complexity index is 103. The van der Waals surface area contributed by atoms with Crippen molar-refractivity contribution in [3.05, 3.63) is 0 Å². The molecule has 0 spiro atoms. The summed E-state index contributed by atoms with van der Waals surface area (Å²) in [6.07, 6.45) is 4.87. The minimum atomic E-state index is 0.924. The van der Waals surface area contributed by atoms with Gasteiger partial charge in [-0.25, -0.2) is 0 Å². The lowest BCUT2D eigenvalue weighted by Gasteiger charge is -2.22. The molecule has 2 N–H and O–H groups in total. The molecule has 72 valence electrons. The summed E-state index contributed by atoms with van der Waals surface area (Å²) in [6, 6.07) is 0. The third-order valence-corrected chi connectivity index (χ3v) is 2.99. The molecule has 0 atom stereocenters. The Morgan fingerprint density at radius 1 is 1.42 bits per heavy atom. The van der Waals surface area contributed by atoms with Crippen LogP contribution in [0.1, 0.15) is 12.8 Å². The van der Waals surface area contributed by atoms with Gasteiger partial charge < -0.3 is 10.6 Å². The predicted octanol–water partition coefficient (Wildman–Crippen LogP) is 0.939. The SMILES string of the molecule is CSCCNCC1CCNCC1. The summed E-state index contributed by atoms with van der Waals surface area (Å²) < 4.78 is 0. The molecule has 2 nitrogen and oxygen atoms in total. The Balaban J connectivity index is 1.91. The van der Waals surface area contributed by atoms with E-state index in [0.29, 0.717) is 0 Å². The monoisotopic (exact) mass is 188 g/mol. The molecular weight excluding hydrogens is 168 g/mol. The van der Waals surface area contributed by atoms with E-state index < -0.39 is 0 Å². The topological polar surface area (TPSA) is 24.1 Å². The van der Waals surface area contributed by atoms with Gasteiger partial charge >= 0.3 is 0 Å². The molecule has 1 fully saturated rings. The summed E-state index contributed by atoms with van der Waals surface area (Å²) >= 11 is 1.91. The number of thioether (sulfide) groups is 1. The van der Waals surface area contributed by atoms with E-state index in [1.54, 1.807) is 0 Å². The summed E-state index contributed by atoms with van der Waals surface area (Å²) in [5, 5.41) is 6.89. The highest BCUT2D eigenvalue weighted by Crippen LogP contribution is 2.09. The van der Waals surface area contributed by atoms with E-state index in [9.17, 15) is 0 Å². The molecule has 0 amide bonds. The van der Waals surface area contributed by atoms with Gasteiger partial charge in [0.15, 0.2) is 0 Å².